The number of halogens is 1. The molecule has 3 rings (SSSR count). The van der Waals surface area contributed by atoms with E-state index in [1.165, 1.54) is 4.57 Å². The Morgan fingerprint density at radius 1 is 1.32 bits per heavy atom. The summed E-state index contributed by atoms with van der Waals surface area (Å²) < 4.78 is 6.55. The van der Waals surface area contributed by atoms with E-state index in [-0.39, 0.29) is 24.5 Å². The van der Waals surface area contributed by atoms with Gasteiger partial charge in [-0.2, -0.15) is 0 Å². The molecule has 2 aromatic rings. The molecule has 1 fully saturated rings. The van der Waals surface area contributed by atoms with E-state index in [0.29, 0.717) is 16.1 Å². The monoisotopic (exact) mass is 322 g/mol. The summed E-state index contributed by atoms with van der Waals surface area (Å²) in [5.41, 5.74) is 1.00. The molecule has 1 aliphatic rings. The first-order valence-corrected chi connectivity index (χ1v) is 7.95. The van der Waals surface area contributed by atoms with Crippen molar-refractivity contribution >= 4 is 28.6 Å². The van der Waals surface area contributed by atoms with Gasteiger partial charge in [0.15, 0.2) is 5.58 Å². The minimum Gasteiger partial charge on any atom is -0.408 e. The van der Waals surface area contributed by atoms with Gasteiger partial charge in [-0.25, -0.2) is 4.79 Å². The smallest absolute Gasteiger partial charge is 0.408 e. The van der Waals surface area contributed by atoms with E-state index in [0.717, 1.165) is 19.3 Å². The molecule has 22 heavy (non-hydrogen) atoms. The topological polar surface area (TPSA) is 55.5 Å². The average molecular weight is 323 g/mol. The van der Waals surface area contributed by atoms with Gasteiger partial charge in [0, 0.05) is 23.2 Å². The van der Waals surface area contributed by atoms with Gasteiger partial charge in [0.05, 0.1) is 5.52 Å². The molecule has 0 saturated carbocycles. The van der Waals surface area contributed by atoms with Gasteiger partial charge in [0.25, 0.3) is 0 Å². The van der Waals surface area contributed by atoms with Crippen molar-refractivity contribution in [2.45, 2.75) is 51.7 Å². The molecule has 1 saturated heterocycles. The lowest BCUT2D eigenvalue weighted by Gasteiger charge is -2.39. The van der Waals surface area contributed by atoms with Crippen LogP contribution in [-0.2, 0) is 11.3 Å². The van der Waals surface area contributed by atoms with Crippen LogP contribution >= 0.6 is 11.6 Å². The highest BCUT2D eigenvalue weighted by Crippen LogP contribution is 2.23. The number of carbonyl (C=O) groups excluding carboxylic acids is 1. The Morgan fingerprint density at radius 3 is 2.68 bits per heavy atom. The average Bonchev–Trinajstić information content (AvgIpc) is 2.74. The van der Waals surface area contributed by atoms with E-state index < -0.39 is 5.76 Å². The summed E-state index contributed by atoms with van der Waals surface area (Å²) in [6.07, 6.45) is 3.15. The Hall–Kier alpha value is -1.75. The first kappa shape index (κ1) is 15.2. The zero-order valence-corrected chi connectivity index (χ0v) is 13.5. The number of benzene rings is 1. The maximum absolute atomic E-state index is 12.6. The highest BCUT2D eigenvalue weighted by molar-refractivity contribution is 6.31. The molecule has 2 heterocycles. The number of likely N-dealkylation sites (tertiary alicyclic amines) is 1. The molecule has 1 amide bonds. The van der Waals surface area contributed by atoms with E-state index in [1.807, 2.05) is 4.90 Å². The number of carbonyl (C=O) groups is 1. The molecule has 1 aromatic carbocycles. The van der Waals surface area contributed by atoms with Crippen LogP contribution < -0.4 is 5.76 Å². The van der Waals surface area contributed by atoms with Crippen LogP contribution in [0.1, 0.15) is 33.1 Å². The zero-order chi connectivity index (χ0) is 15.9. The van der Waals surface area contributed by atoms with Crippen molar-refractivity contribution in [2.75, 3.05) is 0 Å². The molecule has 0 spiro atoms. The lowest BCUT2D eigenvalue weighted by molar-refractivity contribution is -0.137. The van der Waals surface area contributed by atoms with Gasteiger partial charge in [-0.15, -0.1) is 0 Å². The predicted octanol–water partition coefficient (Wildman–Crippen LogP) is 3.04. The third-order valence-electron chi connectivity index (χ3n) is 4.41. The minimum atomic E-state index is -0.525. The molecule has 5 nitrogen and oxygen atoms in total. The van der Waals surface area contributed by atoms with E-state index in [9.17, 15) is 9.59 Å². The molecule has 0 unspecified atom stereocenters. The second kappa shape index (κ2) is 5.80. The highest BCUT2D eigenvalue weighted by atomic mass is 35.5. The van der Waals surface area contributed by atoms with Crippen LogP contribution in [0.5, 0.6) is 0 Å². The molecule has 118 valence electrons. The summed E-state index contributed by atoms with van der Waals surface area (Å²) in [7, 11) is 0. The fraction of sp³-hybridized carbons (Fsp3) is 0.500. The fourth-order valence-electron chi connectivity index (χ4n) is 3.32. The Morgan fingerprint density at radius 2 is 2.00 bits per heavy atom. The third-order valence-corrected chi connectivity index (χ3v) is 4.64. The Balaban J connectivity index is 1.91. The van der Waals surface area contributed by atoms with E-state index in [4.69, 9.17) is 16.0 Å². The van der Waals surface area contributed by atoms with Gasteiger partial charge in [-0.05, 0) is 45.2 Å². The van der Waals surface area contributed by atoms with Crippen LogP contribution in [-0.4, -0.2) is 27.5 Å². The molecule has 0 radical (unpaired) electrons. The van der Waals surface area contributed by atoms with Crippen LogP contribution in [0.3, 0.4) is 0 Å². The van der Waals surface area contributed by atoms with Crippen molar-refractivity contribution in [1.29, 1.82) is 0 Å². The van der Waals surface area contributed by atoms with E-state index >= 15 is 0 Å². The Kier molecular flexibility index (Phi) is 4.00. The van der Waals surface area contributed by atoms with Gasteiger partial charge in [-0.1, -0.05) is 11.6 Å². The molecule has 2 atom stereocenters. The normalized spacial score (nSPS) is 22.2. The molecule has 1 aromatic heterocycles. The first-order valence-electron chi connectivity index (χ1n) is 7.57. The van der Waals surface area contributed by atoms with Gasteiger partial charge >= 0.3 is 5.76 Å². The van der Waals surface area contributed by atoms with Crippen molar-refractivity contribution in [3.05, 3.63) is 33.8 Å². The lowest BCUT2D eigenvalue weighted by atomic mass is 9.97. The number of rotatable bonds is 2. The minimum absolute atomic E-state index is 0.00213. The number of hydrogen-bond acceptors (Lipinski definition) is 3. The Bertz CT molecular complexity index is 754. The maximum atomic E-state index is 12.6. The SMILES string of the molecule is C[C@@H]1CCC[C@@H](C)N1C(=O)Cn1c(=O)oc2cc(Cl)ccc21. The van der Waals surface area contributed by atoms with Crippen molar-refractivity contribution < 1.29 is 9.21 Å². The van der Waals surface area contributed by atoms with Gasteiger partial charge in [0.1, 0.15) is 6.54 Å². The Labute approximate surface area is 133 Å². The molecular formula is C16H19ClN2O3. The summed E-state index contributed by atoms with van der Waals surface area (Å²) in [5.74, 6) is -0.567. The molecule has 0 aliphatic carbocycles. The number of aromatic nitrogens is 1. The van der Waals surface area contributed by atoms with Crippen LogP contribution in [0.2, 0.25) is 5.02 Å². The van der Waals surface area contributed by atoms with Gasteiger partial charge in [-0.3, -0.25) is 9.36 Å². The van der Waals surface area contributed by atoms with E-state index in [2.05, 4.69) is 13.8 Å². The van der Waals surface area contributed by atoms with Crippen molar-refractivity contribution in [1.82, 2.24) is 9.47 Å². The number of hydrogen-bond donors (Lipinski definition) is 0. The number of nitrogens with zero attached hydrogens (tertiary/aromatic N) is 2. The summed E-state index contributed by atoms with van der Waals surface area (Å²) in [6, 6.07) is 5.40. The number of amides is 1. The quantitative estimate of drug-likeness (QED) is 0.854. The summed E-state index contributed by atoms with van der Waals surface area (Å²) in [6.45, 7) is 4.12. The fourth-order valence-corrected chi connectivity index (χ4v) is 3.48. The third kappa shape index (κ3) is 2.65. The standard InChI is InChI=1S/C16H19ClN2O3/c1-10-4-3-5-11(2)19(10)15(20)9-18-13-7-6-12(17)8-14(13)22-16(18)21/h6-8,10-11H,3-5,9H2,1-2H3/t10-,11-/m1/s1. The van der Waals surface area contributed by atoms with Crippen LogP contribution in [0.4, 0.5) is 0 Å². The predicted molar refractivity (Wildman–Crippen MR) is 85.1 cm³/mol. The van der Waals surface area contributed by atoms with Crippen LogP contribution in [0.25, 0.3) is 11.1 Å². The van der Waals surface area contributed by atoms with Crippen LogP contribution in [0, 0.1) is 0 Å². The van der Waals surface area contributed by atoms with E-state index in [1.54, 1.807) is 18.2 Å². The zero-order valence-electron chi connectivity index (χ0n) is 12.7. The molecule has 0 N–H and O–H groups in total. The molecular weight excluding hydrogens is 304 g/mol. The number of fused-ring (bicyclic) bond motifs is 1. The van der Waals surface area contributed by atoms with Crippen molar-refractivity contribution in [3.63, 3.8) is 0 Å². The highest BCUT2D eigenvalue weighted by Gasteiger charge is 2.29. The first-order chi connectivity index (χ1) is 10.5. The second-order valence-electron chi connectivity index (χ2n) is 6.00. The van der Waals surface area contributed by atoms with Crippen molar-refractivity contribution in [2.24, 2.45) is 0 Å². The van der Waals surface area contributed by atoms with Crippen LogP contribution in [0.15, 0.2) is 27.4 Å². The second-order valence-corrected chi connectivity index (χ2v) is 6.43. The summed E-state index contributed by atoms with van der Waals surface area (Å²) in [5, 5.41) is 0.498. The largest absolute Gasteiger partial charge is 0.420 e. The summed E-state index contributed by atoms with van der Waals surface area (Å²) in [4.78, 5) is 26.6. The lowest BCUT2D eigenvalue weighted by Crippen LogP contribution is -2.49. The van der Waals surface area contributed by atoms with Gasteiger partial charge in [0.2, 0.25) is 5.91 Å². The maximum Gasteiger partial charge on any atom is 0.420 e. The molecule has 1 aliphatic heterocycles. The molecule has 0 bridgehead atoms. The summed E-state index contributed by atoms with van der Waals surface area (Å²) >= 11 is 5.90. The van der Waals surface area contributed by atoms with Crippen molar-refractivity contribution in [3.8, 4) is 0 Å². The number of piperidine rings is 1. The molecule has 6 heteroatoms. The number of oxazole rings is 1. The van der Waals surface area contributed by atoms with Gasteiger partial charge < -0.3 is 9.32 Å².